The lowest BCUT2D eigenvalue weighted by atomic mass is 9.88. The van der Waals surface area contributed by atoms with Crippen molar-refractivity contribution in [3.05, 3.63) is 87.4 Å². The summed E-state index contributed by atoms with van der Waals surface area (Å²) in [5, 5.41) is 2.59. The molecule has 0 radical (unpaired) electrons. The van der Waals surface area contributed by atoms with Crippen molar-refractivity contribution in [2.24, 2.45) is 0 Å². The molecule has 0 N–H and O–H groups in total. The van der Waals surface area contributed by atoms with E-state index >= 15 is 0 Å². The molecule has 0 aromatic heterocycles. The normalized spacial score (nSPS) is 16.4. The summed E-state index contributed by atoms with van der Waals surface area (Å²) in [6.07, 6.45) is 4.56. The van der Waals surface area contributed by atoms with Crippen LogP contribution in [-0.2, 0) is 0 Å². The molecule has 0 saturated carbocycles. The van der Waals surface area contributed by atoms with Crippen LogP contribution < -0.4 is 0 Å². The van der Waals surface area contributed by atoms with Crippen molar-refractivity contribution in [3.8, 4) is 0 Å². The molecule has 0 spiro atoms. The van der Waals surface area contributed by atoms with Crippen molar-refractivity contribution >= 4 is 32.8 Å². The van der Waals surface area contributed by atoms with E-state index < -0.39 is 0 Å². The van der Waals surface area contributed by atoms with Gasteiger partial charge in [-0.1, -0.05) is 64.5 Å². The number of allylic oxidation sites excluding steroid dienone is 1. The van der Waals surface area contributed by atoms with E-state index in [1.54, 1.807) is 0 Å². The molecule has 1 unspecified atom stereocenters. The maximum absolute atomic E-state index is 3.57. The summed E-state index contributed by atoms with van der Waals surface area (Å²) in [4.78, 5) is 0. The summed E-state index contributed by atoms with van der Waals surface area (Å²) in [6.45, 7) is 2.21. The van der Waals surface area contributed by atoms with Gasteiger partial charge in [0.05, 0.1) is 0 Å². The van der Waals surface area contributed by atoms with Gasteiger partial charge >= 0.3 is 0 Å². The average Bonchev–Trinajstić information content (AvgIpc) is 2.91. The van der Waals surface area contributed by atoms with E-state index in [9.17, 15) is 0 Å². The number of halogens is 1. The molecular formula is C20H15Br. The Morgan fingerprint density at radius 2 is 1.71 bits per heavy atom. The Kier molecular flexibility index (Phi) is 2.97. The summed E-state index contributed by atoms with van der Waals surface area (Å²) in [5.41, 5.74) is 5.52. The van der Waals surface area contributed by atoms with Gasteiger partial charge in [-0.05, 0) is 58.1 Å². The number of aryl methyl sites for hydroxylation is 1. The second kappa shape index (κ2) is 4.85. The summed E-state index contributed by atoms with van der Waals surface area (Å²) >= 11 is 3.57. The highest BCUT2D eigenvalue weighted by Crippen LogP contribution is 2.38. The summed E-state index contributed by atoms with van der Waals surface area (Å²) in [6, 6.07) is 19.8. The second-order valence-corrected chi connectivity index (χ2v) is 6.58. The quantitative estimate of drug-likeness (QED) is 0.506. The first-order valence-electron chi connectivity index (χ1n) is 7.19. The van der Waals surface area contributed by atoms with Crippen molar-refractivity contribution in [2.45, 2.75) is 12.8 Å². The lowest BCUT2D eigenvalue weighted by Crippen LogP contribution is -1.98. The third kappa shape index (κ3) is 2.13. The summed E-state index contributed by atoms with van der Waals surface area (Å²) in [5.74, 6) is 0.379. The molecule has 21 heavy (non-hydrogen) atoms. The summed E-state index contributed by atoms with van der Waals surface area (Å²) < 4.78 is 1.13. The van der Waals surface area contributed by atoms with E-state index in [0.717, 1.165) is 4.47 Å². The van der Waals surface area contributed by atoms with Crippen LogP contribution >= 0.6 is 15.9 Å². The van der Waals surface area contributed by atoms with E-state index in [0.29, 0.717) is 5.92 Å². The molecule has 0 heterocycles. The third-order valence-electron chi connectivity index (χ3n) is 4.32. The molecule has 0 aliphatic heterocycles. The molecule has 4 rings (SSSR count). The number of hydrogen-bond acceptors (Lipinski definition) is 0. The van der Waals surface area contributed by atoms with Gasteiger partial charge in [0, 0.05) is 10.4 Å². The van der Waals surface area contributed by atoms with Gasteiger partial charge in [-0.2, -0.15) is 0 Å². The first kappa shape index (κ1) is 12.8. The van der Waals surface area contributed by atoms with Crippen LogP contribution in [0.2, 0.25) is 0 Å². The van der Waals surface area contributed by atoms with Gasteiger partial charge in [-0.25, -0.2) is 0 Å². The van der Waals surface area contributed by atoms with Gasteiger partial charge < -0.3 is 0 Å². The van der Waals surface area contributed by atoms with E-state index in [1.807, 2.05) is 0 Å². The minimum absolute atomic E-state index is 0.379. The standard InChI is InChI=1S/C20H15Br/c1-13-10-15-6-8-17(21)11-16(15)12-20(13)19-9-7-14-4-2-3-5-18(14)19/h2-12,19H,1H3. The highest BCUT2D eigenvalue weighted by molar-refractivity contribution is 9.10. The number of benzene rings is 3. The SMILES string of the molecule is Cc1cc2ccc(Br)cc2cc1C1C=Cc2ccccc21. The topological polar surface area (TPSA) is 0 Å². The lowest BCUT2D eigenvalue weighted by Gasteiger charge is -2.16. The fraction of sp³-hybridized carbons (Fsp3) is 0.100. The van der Waals surface area contributed by atoms with Crippen LogP contribution in [0.15, 0.2) is 65.1 Å². The van der Waals surface area contributed by atoms with Crippen LogP contribution in [0.5, 0.6) is 0 Å². The molecule has 0 amide bonds. The first-order chi connectivity index (χ1) is 10.2. The van der Waals surface area contributed by atoms with Crippen molar-refractivity contribution in [3.63, 3.8) is 0 Å². The molecule has 0 fully saturated rings. The Bertz CT molecular complexity index is 874. The molecule has 0 saturated heterocycles. The first-order valence-corrected chi connectivity index (χ1v) is 7.98. The smallest absolute Gasteiger partial charge is 0.0281 e. The Hall–Kier alpha value is -1.86. The zero-order valence-electron chi connectivity index (χ0n) is 11.8. The van der Waals surface area contributed by atoms with E-state index in [2.05, 4.69) is 89.6 Å². The van der Waals surface area contributed by atoms with Crippen LogP contribution in [0, 0.1) is 6.92 Å². The highest BCUT2D eigenvalue weighted by Gasteiger charge is 2.20. The average molecular weight is 335 g/mol. The highest BCUT2D eigenvalue weighted by atomic mass is 79.9. The zero-order chi connectivity index (χ0) is 14.4. The van der Waals surface area contributed by atoms with Crippen LogP contribution in [0.4, 0.5) is 0 Å². The molecule has 1 heteroatoms. The van der Waals surface area contributed by atoms with Crippen LogP contribution in [0.25, 0.3) is 16.8 Å². The van der Waals surface area contributed by atoms with E-state index in [1.165, 1.54) is 33.0 Å². The van der Waals surface area contributed by atoms with E-state index in [4.69, 9.17) is 0 Å². The molecule has 1 aliphatic carbocycles. The molecule has 3 aromatic rings. The van der Waals surface area contributed by atoms with Gasteiger partial charge in [0.25, 0.3) is 0 Å². The van der Waals surface area contributed by atoms with Gasteiger partial charge in [-0.15, -0.1) is 0 Å². The molecule has 0 bridgehead atoms. The Morgan fingerprint density at radius 3 is 2.62 bits per heavy atom. The maximum atomic E-state index is 3.57. The predicted octanol–water partition coefficient (Wildman–Crippen LogP) is 6.07. The van der Waals surface area contributed by atoms with Crippen molar-refractivity contribution in [2.75, 3.05) is 0 Å². The third-order valence-corrected chi connectivity index (χ3v) is 4.81. The number of fused-ring (bicyclic) bond motifs is 2. The van der Waals surface area contributed by atoms with Gasteiger partial charge in [-0.3, -0.25) is 0 Å². The molecule has 0 nitrogen and oxygen atoms in total. The Labute approximate surface area is 133 Å². The maximum Gasteiger partial charge on any atom is 0.0281 e. The van der Waals surface area contributed by atoms with Crippen molar-refractivity contribution < 1.29 is 0 Å². The van der Waals surface area contributed by atoms with Crippen molar-refractivity contribution in [1.82, 2.24) is 0 Å². The van der Waals surface area contributed by atoms with Gasteiger partial charge in [0.15, 0.2) is 0 Å². The molecule has 1 atom stereocenters. The van der Waals surface area contributed by atoms with Crippen LogP contribution in [0.1, 0.15) is 28.2 Å². The zero-order valence-corrected chi connectivity index (χ0v) is 13.4. The largest absolute Gasteiger partial charge is 0.0720 e. The fourth-order valence-electron chi connectivity index (χ4n) is 3.26. The fourth-order valence-corrected chi connectivity index (χ4v) is 3.63. The monoisotopic (exact) mass is 334 g/mol. The predicted molar refractivity (Wildman–Crippen MR) is 93.7 cm³/mol. The second-order valence-electron chi connectivity index (χ2n) is 5.67. The van der Waals surface area contributed by atoms with Gasteiger partial charge in [0.1, 0.15) is 0 Å². The van der Waals surface area contributed by atoms with Crippen molar-refractivity contribution in [1.29, 1.82) is 0 Å². The molecule has 102 valence electrons. The number of rotatable bonds is 1. The minimum atomic E-state index is 0.379. The Morgan fingerprint density at radius 1 is 0.857 bits per heavy atom. The molecule has 1 aliphatic rings. The van der Waals surface area contributed by atoms with Gasteiger partial charge in [0.2, 0.25) is 0 Å². The lowest BCUT2D eigenvalue weighted by molar-refractivity contribution is 1.03. The van der Waals surface area contributed by atoms with Crippen LogP contribution in [0.3, 0.4) is 0 Å². The summed E-state index contributed by atoms with van der Waals surface area (Å²) in [7, 11) is 0. The minimum Gasteiger partial charge on any atom is -0.0720 e. The van der Waals surface area contributed by atoms with Crippen LogP contribution in [-0.4, -0.2) is 0 Å². The molecular weight excluding hydrogens is 320 g/mol. The van der Waals surface area contributed by atoms with E-state index in [-0.39, 0.29) is 0 Å². The Balaban J connectivity index is 1.91. The number of hydrogen-bond donors (Lipinski definition) is 0. The molecule has 3 aromatic carbocycles.